The fourth-order valence-corrected chi connectivity index (χ4v) is 2.54. The molecule has 0 aromatic rings. The molecule has 3 unspecified atom stereocenters. The quantitative estimate of drug-likeness (QED) is 0.571. The average molecular weight is 258 g/mol. The summed E-state index contributed by atoms with van der Waals surface area (Å²) in [6.07, 6.45) is 4.62. The summed E-state index contributed by atoms with van der Waals surface area (Å²) in [5.74, 6) is 0. The molecule has 0 saturated carbocycles. The minimum absolute atomic E-state index is 0.0848. The Morgan fingerprint density at radius 1 is 1.06 bits per heavy atom. The van der Waals surface area contributed by atoms with Gasteiger partial charge in [0.1, 0.15) is 0 Å². The van der Waals surface area contributed by atoms with Crippen molar-refractivity contribution in [3.8, 4) is 0 Å². The summed E-state index contributed by atoms with van der Waals surface area (Å²) in [7, 11) is 0. The van der Waals surface area contributed by atoms with Crippen LogP contribution < -0.4 is 10.6 Å². The van der Waals surface area contributed by atoms with Gasteiger partial charge in [-0.25, -0.2) is 0 Å². The molecule has 0 bridgehead atoms. The third-order valence-electron chi connectivity index (χ3n) is 3.66. The molecule has 2 aliphatic rings. The molecule has 2 aliphatic heterocycles. The SMILES string of the molecule is CC(O)C(NCC1CCCO1)NCC1CCCO1. The van der Waals surface area contributed by atoms with Crippen molar-refractivity contribution in [1.82, 2.24) is 10.6 Å². The maximum atomic E-state index is 9.75. The second-order valence-electron chi connectivity index (χ2n) is 5.30. The molecule has 106 valence electrons. The van der Waals surface area contributed by atoms with E-state index in [0.717, 1.165) is 52.0 Å². The van der Waals surface area contributed by atoms with E-state index in [1.54, 1.807) is 6.92 Å². The third kappa shape index (κ3) is 4.48. The van der Waals surface area contributed by atoms with Crippen molar-refractivity contribution >= 4 is 0 Å². The average Bonchev–Trinajstić information content (AvgIpc) is 3.00. The van der Waals surface area contributed by atoms with Gasteiger partial charge in [0.2, 0.25) is 0 Å². The Labute approximate surface area is 109 Å². The van der Waals surface area contributed by atoms with E-state index in [-0.39, 0.29) is 6.17 Å². The van der Waals surface area contributed by atoms with Gasteiger partial charge in [0.25, 0.3) is 0 Å². The van der Waals surface area contributed by atoms with Gasteiger partial charge in [0, 0.05) is 26.3 Å². The zero-order valence-corrected chi connectivity index (χ0v) is 11.2. The van der Waals surface area contributed by atoms with E-state index < -0.39 is 6.10 Å². The molecule has 2 rings (SSSR count). The van der Waals surface area contributed by atoms with E-state index in [0.29, 0.717) is 12.2 Å². The maximum Gasteiger partial charge on any atom is 0.0838 e. The largest absolute Gasteiger partial charge is 0.390 e. The van der Waals surface area contributed by atoms with E-state index in [9.17, 15) is 5.11 Å². The first-order valence-corrected chi connectivity index (χ1v) is 7.14. The van der Waals surface area contributed by atoms with Crippen molar-refractivity contribution < 1.29 is 14.6 Å². The van der Waals surface area contributed by atoms with E-state index in [1.165, 1.54) is 0 Å². The minimum atomic E-state index is -0.423. The Morgan fingerprint density at radius 2 is 1.56 bits per heavy atom. The molecule has 0 amide bonds. The first-order chi connectivity index (χ1) is 8.75. The summed E-state index contributed by atoms with van der Waals surface area (Å²) in [6.45, 7) is 5.14. The monoisotopic (exact) mass is 258 g/mol. The Balaban J connectivity index is 1.65. The van der Waals surface area contributed by atoms with Crippen LogP contribution in [0.3, 0.4) is 0 Å². The predicted octanol–water partition coefficient (Wildman–Crippen LogP) is 0.230. The number of aliphatic hydroxyl groups excluding tert-OH is 1. The van der Waals surface area contributed by atoms with E-state index in [4.69, 9.17) is 9.47 Å². The Hall–Kier alpha value is -0.200. The first-order valence-electron chi connectivity index (χ1n) is 7.14. The molecule has 0 spiro atoms. The van der Waals surface area contributed by atoms with Crippen LogP contribution in [-0.4, -0.2) is 55.9 Å². The van der Waals surface area contributed by atoms with Crippen molar-refractivity contribution in [3.63, 3.8) is 0 Å². The smallest absolute Gasteiger partial charge is 0.0838 e. The van der Waals surface area contributed by atoms with Crippen LogP contribution in [0.2, 0.25) is 0 Å². The van der Waals surface area contributed by atoms with Crippen LogP contribution in [0.1, 0.15) is 32.6 Å². The topological polar surface area (TPSA) is 62.8 Å². The molecule has 0 aromatic heterocycles. The summed E-state index contributed by atoms with van der Waals surface area (Å²) in [6, 6.07) is 0. The molecule has 3 N–H and O–H groups in total. The highest BCUT2D eigenvalue weighted by molar-refractivity contribution is 4.77. The van der Waals surface area contributed by atoms with Crippen LogP contribution in [0.4, 0.5) is 0 Å². The lowest BCUT2D eigenvalue weighted by atomic mass is 10.2. The molecule has 18 heavy (non-hydrogen) atoms. The highest BCUT2D eigenvalue weighted by atomic mass is 16.5. The van der Waals surface area contributed by atoms with Gasteiger partial charge < -0.3 is 14.6 Å². The fraction of sp³-hybridized carbons (Fsp3) is 1.00. The molecular weight excluding hydrogens is 232 g/mol. The summed E-state index contributed by atoms with van der Waals surface area (Å²) < 4.78 is 11.1. The second-order valence-corrected chi connectivity index (χ2v) is 5.30. The van der Waals surface area contributed by atoms with E-state index >= 15 is 0 Å². The van der Waals surface area contributed by atoms with Gasteiger partial charge >= 0.3 is 0 Å². The highest BCUT2D eigenvalue weighted by Gasteiger charge is 2.22. The molecule has 3 atom stereocenters. The fourth-order valence-electron chi connectivity index (χ4n) is 2.54. The lowest BCUT2D eigenvalue weighted by Crippen LogP contribution is -2.53. The van der Waals surface area contributed by atoms with Gasteiger partial charge in [0.15, 0.2) is 0 Å². The number of hydrogen-bond donors (Lipinski definition) is 3. The van der Waals surface area contributed by atoms with Crippen LogP contribution in [0, 0.1) is 0 Å². The van der Waals surface area contributed by atoms with Gasteiger partial charge in [-0.05, 0) is 32.6 Å². The summed E-state index contributed by atoms with van der Waals surface area (Å²) in [5, 5.41) is 16.4. The van der Waals surface area contributed by atoms with E-state index in [1.807, 2.05) is 0 Å². The van der Waals surface area contributed by atoms with Gasteiger partial charge in [-0.1, -0.05) is 0 Å². The molecule has 0 radical (unpaired) electrons. The standard InChI is InChI=1S/C13H26N2O3/c1-10(16)13(14-8-11-4-2-6-17-11)15-9-12-5-3-7-18-12/h10-16H,2-9H2,1H3. The third-order valence-corrected chi connectivity index (χ3v) is 3.66. The van der Waals surface area contributed by atoms with Gasteiger partial charge in [-0.3, -0.25) is 10.6 Å². The van der Waals surface area contributed by atoms with Crippen LogP contribution >= 0.6 is 0 Å². The van der Waals surface area contributed by atoms with Crippen molar-refractivity contribution in [2.24, 2.45) is 0 Å². The predicted molar refractivity (Wildman–Crippen MR) is 69.4 cm³/mol. The minimum Gasteiger partial charge on any atom is -0.390 e. The number of rotatable bonds is 7. The number of ether oxygens (including phenoxy) is 2. The molecule has 0 aromatic carbocycles. The van der Waals surface area contributed by atoms with Crippen molar-refractivity contribution in [3.05, 3.63) is 0 Å². The Kier molecular flexibility index (Phi) is 5.85. The molecule has 5 nitrogen and oxygen atoms in total. The van der Waals surface area contributed by atoms with Gasteiger partial charge in [-0.15, -0.1) is 0 Å². The highest BCUT2D eigenvalue weighted by Crippen LogP contribution is 2.12. The Bertz CT molecular complexity index is 206. The molecule has 2 saturated heterocycles. The lowest BCUT2D eigenvalue weighted by Gasteiger charge is -2.25. The molecular formula is C13H26N2O3. The van der Waals surface area contributed by atoms with Gasteiger partial charge in [0.05, 0.1) is 24.5 Å². The number of aliphatic hydroxyl groups is 1. The second kappa shape index (κ2) is 7.40. The molecule has 5 heteroatoms. The Morgan fingerprint density at radius 3 is 1.89 bits per heavy atom. The summed E-state index contributed by atoms with van der Waals surface area (Å²) in [4.78, 5) is 0. The van der Waals surface area contributed by atoms with Crippen LogP contribution in [0.5, 0.6) is 0 Å². The summed E-state index contributed by atoms with van der Waals surface area (Å²) in [5.41, 5.74) is 0. The first kappa shape index (κ1) is 14.2. The summed E-state index contributed by atoms with van der Waals surface area (Å²) >= 11 is 0. The number of hydrogen-bond acceptors (Lipinski definition) is 5. The normalized spacial score (nSPS) is 31.7. The zero-order chi connectivity index (χ0) is 12.8. The van der Waals surface area contributed by atoms with Gasteiger partial charge in [-0.2, -0.15) is 0 Å². The van der Waals surface area contributed by atoms with Crippen molar-refractivity contribution in [1.29, 1.82) is 0 Å². The van der Waals surface area contributed by atoms with E-state index in [2.05, 4.69) is 10.6 Å². The van der Waals surface area contributed by atoms with Crippen LogP contribution in [0.25, 0.3) is 0 Å². The van der Waals surface area contributed by atoms with Crippen LogP contribution in [-0.2, 0) is 9.47 Å². The molecule has 0 aliphatic carbocycles. The molecule has 2 fully saturated rings. The lowest BCUT2D eigenvalue weighted by molar-refractivity contribution is 0.0712. The zero-order valence-electron chi connectivity index (χ0n) is 11.2. The molecule has 2 heterocycles. The maximum absolute atomic E-state index is 9.75. The number of nitrogens with one attached hydrogen (secondary N) is 2. The van der Waals surface area contributed by atoms with Crippen LogP contribution in [0.15, 0.2) is 0 Å². The van der Waals surface area contributed by atoms with Crippen molar-refractivity contribution in [2.75, 3.05) is 26.3 Å². The van der Waals surface area contributed by atoms with Crippen molar-refractivity contribution in [2.45, 2.75) is 57.1 Å².